The Morgan fingerprint density at radius 3 is 2.64 bits per heavy atom. The van der Waals surface area contributed by atoms with E-state index < -0.39 is 17.5 Å². The first kappa shape index (κ1) is 17.9. The normalized spacial score (nSPS) is 13.0. The smallest absolute Gasteiger partial charge is 0.248 e. The molecule has 0 atom stereocenters. The number of nitrogens with zero attached hydrogens (tertiary/aromatic N) is 2. The molecule has 0 fully saturated rings. The molecule has 28 heavy (non-hydrogen) atoms. The van der Waals surface area contributed by atoms with E-state index in [0.717, 1.165) is 28.9 Å². The van der Waals surface area contributed by atoms with Gasteiger partial charge in [0.25, 0.3) is 0 Å². The fourth-order valence-corrected chi connectivity index (χ4v) is 3.28. The van der Waals surface area contributed by atoms with Crippen LogP contribution in [0.2, 0.25) is 0 Å². The Balaban J connectivity index is 1.67. The van der Waals surface area contributed by atoms with Crippen molar-refractivity contribution in [3.05, 3.63) is 77.5 Å². The zero-order valence-electron chi connectivity index (χ0n) is 15.0. The van der Waals surface area contributed by atoms with Gasteiger partial charge in [-0.25, -0.2) is 13.8 Å². The van der Waals surface area contributed by atoms with Crippen LogP contribution in [0.15, 0.2) is 54.7 Å². The minimum Gasteiger partial charge on any atom is -0.367 e. The summed E-state index contributed by atoms with van der Waals surface area (Å²) in [7, 11) is 0. The van der Waals surface area contributed by atoms with Crippen LogP contribution >= 0.6 is 0 Å². The lowest BCUT2D eigenvalue weighted by molar-refractivity contribution is 0.100. The molecule has 142 valence electrons. The molecular weight excluding hydrogens is 362 g/mol. The highest BCUT2D eigenvalue weighted by Crippen LogP contribution is 2.33. The summed E-state index contributed by atoms with van der Waals surface area (Å²) in [6, 6.07) is 12.3. The molecule has 1 amide bonds. The monoisotopic (exact) mass is 380 g/mol. The van der Waals surface area contributed by atoms with E-state index in [1.54, 1.807) is 30.5 Å². The van der Waals surface area contributed by atoms with Crippen molar-refractivity contribution in [2.24, 2.45) is 5.73 Å². The molecule has 7 heteroatoms. The Morgan fingerprint density at radius 1 is 1.11 bits per heavy atom. The van der Waals surface area contributed by atoms with Crippen molar-refractivity contribution < 1.29 is 13.6 Å². The number of nitrogens with one attached hydrogen (secondary N) is 1. The van der Waals surface area contributed by atoms with Gasteiger partial charge in [0.2, 0.25) is 5.91 Å². The number of rotatable bonds is 4. The molecule has 5 nitrogen and oxygen atoms in total. The lowest BCUT2D eigenvalue weighted by Crippen LogP contribution is -2.34. The van der Waals surface area contributed by atoms with E-state index in [1.807, 2.05) is 11.0 Å². The van der Waals surface area contributed by atoms with Crippen molar-refractivity contribution in [3.63, 3.8) is 0 Å². The summed E-state index contributed by atoms with van der Waals surface area (Å²) < 4.78 is 27.6. The topological polar surface area (TPSA) is 71.2 Å². The number of aromatic nitrogens is 1. The Labute approximate surface area is 160 Å². The number of hydrogen-bond donors (Lipinski definition) is 2. The second-order valence-electron chi connectivity index (χ2n) is 6.62. The molecule has 2 heterocycles. The molecule has 0 radical (unpaired) electrons. The van der Waals surface area contributed by atoms with Gasteiger partial charge in [0, 0.05) is 42.5 Å². The predicted octanol–water partition coefficient (Wildman–Crippen LogP) is 3.56. The molecule has 3 N–H and O–H groups in total. The molecular formula is C21H18F2N4O. The number of halogens is 2. The molecule has 0 saturated carbocycles. The van der Waals surface area contributed by atoms with Crippen LogP contribution in [0.1, 0.15) is 15.9 Å². The van der Waals surface area contributed by atoms with E-state index in [9.17, 15) is 13.6 Å². The third kappa shape index (κ3) is 3.51. The van der Waals surface area contributed by atoms with Crippen LogP contribution in [0, 0.1) is 11.6 Å². The van der Waals surface area contributed by atoms with Crippen LogP contribution in [0.5, 0.6) is 0 Å². The average Bonchev–Trinajstić information content (AvgIpc) is 2.71. The highest BCUT2D eigenvalue weighted by atomic mass is 19.1. The van der Waals surface area contributed by atoms with Gasteiger partial charge in [-0.05, 0) is 42.0 Å². The number of fused-ring (bicyclic) bond motifs is 1. The van der Waals surface area contributed by atoms with Gasteiger partial charge in [-0.1, -0.05) is 12.1 Å². The molecule has 3 aromatic rings. The number of benzene rings is 2. The molecule has 2 aromatic carbocycles. The maximum absolute atomic E-state index is 14.1. The highest BCUT2D eigenvalue weighted by molar-refractivity contribution is 5.93. The first-order valence-corrected chi connectivity index (χ1v) is 8.84. The van der Waals surface area contributed by atoms with Crippen molar-refractivity contribution in [1.29, 1.82) is 0 Å². The number of primary amides is 1. The summed E-state index contributed by atoms with van der Waals surface area (Å²) in [6.07, 6.45) is 1.73. The number of hydrogen-bond acceptors (Lipinski definition) is 4. The summed E-state index contributed by atoms with van der Waals surface area (Å²) in [5.41, 5.74) is 8.55. The number of carbonyl (C=O) groups is 1. The molecule has 4 rings (SSSR count). The summed E-state index contributed by atoms with van der Waals surface area (Å²) in [4.78, 5) is 17.7. The summed E-state index contributed by atoms with van der Waals surface area (Å²) in [5.74, 6) is -0.691. The largest absolute Gasteiger partial charge is 0.367 e. The fraction of sp³-hybridized carbons (Fsp3) is 0.143. The second-order valence-corrected chi connectivity index (χ2v) is 6.62. The number of carbonyl (C=O) groups excluding carboxylic acids is 1. The first-order valence-electron chi connectivity index (χ1n) is 8.84. The van der Waals surface area contributed by atoms with Crippen LogP contribution in [-0.4, -0.2) is 24.0 Å². The zero-order chi connectivity index (χ0) is 19.7. The molecule has 0 unspecified atom stereocenters. The third-order valence-electron chi connectivity index (χ3n) is 4.75. The van der Waals surface area contributed by atoms with Crippen molar-refractivity contribution in [2.45, 2.75) is 6.54 Å². The maximum Gasteiger partial charge on any atom is 0.248 e. The molecule has 0 spiro atoms. The summed E-state index contributed by atoms with van der Waals surface area (Å²) in [6.45, 7) is 1.53. The van der Waals surface area contributed by atoms with E-state index in [1.165, 1.54) is 6.07 Å². The average molecular weight is 380 g/mol. The number of amides is 1. The second kappa shape index (κ2) is 7.26. The molecule has 1 aliphatic heterocycles. The molecule has 0 bridgehead atoms. The van der Waals surface area contributed by atoms with Crippen LogP contribution in [0.25, 0.3) is 11.1 Å². The molecule has 0 aliphatic carbocycles. The zero-order valence-corrected chi connectivity index (χ0v) is 15.0. The van der Waals surface area contributed by atoms with Gasteiger partial charge in [0.05, 0.1) is 5.69 Å². The lowest BCUT2D eigenvalue weighted by Gasteiger charge is -2.32. The van der Waals surface area contributed by atoms with E-state index in [-0.39, 0.29) is 6.54 Å². The number of nitrogens with two attached hydrogens (primary N) is 1. The van der Waals surface area contributed by atoms with Gasteiger partial charge in [-0.15, -0.1) is 0 Å². The van der Waals surface area contributed by atoms with Gasteiger partial charge in [-0.2, -0.15) is 0 Å². The minimum absolute atomic E-state index is 0.240. The van der Waals surface area contributed by atoms with Crippen molar-refractivity contribution in [3.8, 4) is 11.1 Å². The predicted molar refractivity (Wildman–Crippen MR) is 104 cm³/mol. The minimum atomic E-state index is -0.484. The van der Waals surface area contributed by atoms with Crippen molar-refractivity contribution in [2.75, 3.05) is 23.3 Å². The van der Waals surface area contributed by atoms with E-state index >= 15 is 0 Å². The Kier molecular flexibility index (Phi) is 4.65. The number of anilines is 2. The van der Waals surface area contributed by atoms with E-state index in [4.69, 9.17) is 5.73 Å². The third-order valence-corrected chi connectivity index (χ3v) is 4.75. The van der Waals surface area contributed by atoms with Gasteiger partial charge in [0.1, 0.15) is 17.5 Å². The molecule has 1 aromatic heterocycles. The van der Waals surface area contributed by atoms with Gasteiger partial charge < -0.3 is 16.0 Å². The maximum atomic E-state index is 14.1. The Hall–Kier alpha value is -3.48. The number of pyridine rings is 1. The van der Waals surface area contributed by atoms with Gasteiger partial charge >= 0.3 is 0 Å². The van der Waals surface area contributed by atoms with Gasteiger partial charge in [-0.3, -0.25) is 4.79 Å². The van der Waals surface area contributed by atoms with Crippen LogP contribution in [-0.2, 0) is 6.54 Å². The van der Waals surface area contributed by atoms with E-state index in [0.29, 0.717) is 30.0 Å². The van der Waals surface area contributed by atoms with Crippen LogP contribution < -0.4 is 16.0 Å². The highest BCUT2D eigenvalue weighted by Gasteiger charge is 2.20. The lowest BCUT2D eigenvalue weighted by atomic mass is 10.0. The fourth-order valence-electron chi connectivity index (χ4n) is 3.28. The molecule has 1 aliphatic rings. The Bertz CT molecular complexity index is 1040. The summed E-state index contributed by atoms with van der Waals surface area (Å²) in [5, 5.41) is 3.23. The van der Waals surface area contributed by atoms with Crippen LogP contribution in [0.3, 0.4) is 0 Å². The Morgan fingerprint density at radius 2 is 1.89 bits per heavy atom. The molecule has 0 saturated heterocycles. The SMILES string of the molecule is NC(=O)c1ccc(-c2cnc3c(c2)N(Cc2cc(F)ccc2F)CCN3)cc1. The summed E-state index contributed by atoms with van der Waals surface area (Å²) >= 11 is 0. The van der Waals surface area contributed by atoms with Crippen LogP contribution in [0.4, 0.5) is 20.3 Å². The van der Waals surface area contributed by atoms with Crippen molar-refractivity contribution in [1.82, 2.24) is 4.98 Å². The first-order chi connectivity index (χ1) is 13.5. The standard InChI is InChI=1S/C21H18F2N4O/c22-17-5-6-18(23)16(9-17)12-27-8-7-25-21-19(27)10-15(11-26-21)13-1-3-14(4-2-13)20(24)28/h1-6,9-11H,7-8,12H2,(H2,24,28)(H,25,26). The van der Waals surface area contributed by atoms with E-state index in [2.05, 4.69) is 10.3 Å². The quantitative estimate of drug-likeness (QED) is 0.726. The van der Waals surface area contributed by atoms with Crippen molar-refractivity contribution >= 4 is 17.4 Å². The van der Waals surface area contributed by atoms with Gasteiger partial charge in [0.15, 0.2) is 0 Å².